The lowest BCUT2D eigenvalue weighted by atomic mass is 10.1. The highest BCUT2D eigenvalue weighted by molar-refractivity contribution is 5.31. The molecule has 0 saturated carbocycles. The van der Waals surface area contributed by atoms with Gasteiger partial charge in [0.05, 0.1) is 0 Å². The van der Waals surface area contributed by atoms with Gasteiger partial charge in [-0.3, -0.25) is 4.57 Å². The van der Waals surface area contributed by atoms with Gasteiger partial charge >= 0.3 is 0 Å². The maximum atomic E-state index is 4.70. The van der Waals surface area contributed by atoms with E-state index in [0.29, 0.717) is 5.92 Å². The van der Waals surface area contributed by atoms with Crippen LogP contribution in [0.2, 0.25) is 0 Å². The van der Waals surface area contributed by atoms with E-state index in [1.54, 1.807) is 12.5 Å². The molecule has 0 amide bonds. The number of hydrogen-bond donors (Lipinski definition) is 1. The van der Waals surface area contributed by atoms with Crippen LogP contribution in [0.3, 0.4) is 0 Å². The summed E-state index contributed by atoms with van der Waals surface area (Å²) in [5.41, 5.74) is 2.44. The van der Waals surface area contributed by atoms with Crippen molar-refractivity contribution in [1.82, 2.24) is 19.9 Å². The number of hydrogen-bond acceptors (Lipinski definition) is 3. The summed E-state index contributed by atoms with van der Waals surface area (Å²) in [7, 11) is 0. The van der Waals surface area contributed by atoms with Crippen LogP contribution < -0.4 is 5.32 Å². The molecular formula is C16H24N4. The van der Waals surface area contributed by atoms with E-state index in [0.717, 1.165) is 37.4 Å². The largest absolute Gasteiger partial charge is 0.312 e. The van der Waals surface area contributed by atoms with Crippen LogP contribution in [-0.2, 0) is 13.0 Å². The molecule has 108 valence electrons. The second kappa shape index (κ2) is 7.20. The number of aryl methyl sites for hydroxylation is 1. The number of pyridine rings is 1. The van der Waals surface area contributed by atoms with Gasteiger partial charge in [0.1, 0.15) is 12.1 Å². The smallest absolute Gasteiger partial charge is 0.138 e. The number of rotatable bonds is 7. The van der Waals surface area contributed by atoms with Gasteiger partial charge in [-0.15, -0.1) is 0 Å². The first-order chi connectivity index (χ1) is 9.69. The fourth-order valence-electron chi connectivity index (χ4n) is 2.15. The van der Waals surface area contributed by atoms with Crippen LogP contribution in [0.25, 0.3) is 5.82 Å². The number of nitrogens with one attached hydrogen (secondary N) is 1. The van der Waals surface area contributed by atoms with Crippen molar-refractivity contribution < 1.29 is 0 Å². The van der Waals surface area contributed by atoms with E-state index in [9.17, 15) is 0 Å². The first kappa shape index (κ1) is 14.7. The lowest BCUT2D eigenvalue weighted by molar-refractivity contribution is 0.552. The Hall–Kier alpha value is -1.68. The summed E-state index contributed by atoms with van der Waals surface area (Å²) in [5.74, 6) is 1.62. The zero-order valence-corrected chi connectivity index (χ0v) is 12.6. The van der Waals surface area contributed by atoms with Crippen molar-refractivity contribution in [3.05, 3.63) is 42.1 Å². The van der Waals surface area contributed by atoms with E-state index in [1.807, 2.05) is 10.8 Å². The molecule has 2 rings (SSSR count). The fourth-order valence-corrected chi connectivity index (χ4v) is 2.15. The van der Waals surface area contributed by atoms with Crippen LogP contribution in [0, 0.1) is 5.92 Å². The Balaban J connectivity index is 2.17. The summed E-state index contributed by atoms with van der Waals surface area (Å²) in [6.07, 6.45) is 7.64. The van der Waals surface area contributed by atoms with Crippen molar-refractivity contribution in [1.29, 1.82) is 0 Å². The SMILES string of the molecule is CCCc1cc(CNCC(C)C)cc(-n2ccnc2)n1. The molecule has 4 nitrogen and oxygen atoms in total. The zero-order valence-electron chi connectivity index (χ0n) is 12.6. The maximum Gasteiger partial charge on any atom is 0.138 e. The molecular weight excluding hydrogens is 248 g/mol. The van der Waals surface area contributed by atoms with Gasteiger partial charge in [-0.1, -0.05) is 27.2 Å². The molecule has 0 aliphatic carbocycles. The van der Waals surface area contributed by atoms with E-state index in [4.69, 9.17) is 4.98 Å². The van der Waals surface area contributed by atoms with E-state index in [1.165, 1.54) is 5.56 Å². The summed E-state index contributed by atoms with van der Waals surface area (Å²) in [5, 5.41) is 3.49. The highest BCUT2D eigenvalue weighted by Crippen LogP contribution is 2.12. The first-order valence-electron chi connectivity index (χ1n) is 7.38. The lowest BCUT2D eigenvalue weighted by Gasteiger charge is -2.11. The standard InChI is InChI=1S/C16H24N4/c1-4-5-15-8-14(11-18-10-13(2)3)9-16(19-15)20-7-6-17-12-20/h6-9,12-13,18H,4-5,10-11H2,1-3H3. The Morgan fingerprint density at radius 2 is 2.15 bits per heavy atom. The molecule has 2 aromatic rings. The fraction of sp³-hybridized carbons (Fsp3) is 0.500. The van der Waals surface area contributed by atoms with Gasteiger partial charge in [-0.25, -0.2) is 9.97 Å². The first-order valence-corrected chi connectivity index (χ1v) is 7.38. The Kier molecular flexibility index (Phi) is 5.30. The minimum atomic E-state index is 0.667. The molecule has 0 aliphatic rings. The van der Waals surface area contributed by atoms with Crippen molar-refractivity contribution in [2.45, 2.75) is 40.2 Å². The Labute approximate surface area is 121 Å². The Morgan fingerprint density at radius 1 is 1.30 bits per heavy atom. The highest BCUT2D eigenvalue weighted by Gasteiger charge is 2.04. The summed E-state index contributed by atoms with van der Waals surface area (Å²) < 4.78 is 1.96. The van der Waals surface area contributed by atoms with Gasteiger partial charge in [0.25, 0.3) is 0 Å². The van der Waals surface area contributed by atoms with Gasteiger partial charge in [-0.05, 0) is 36.6 Å². The average molecular weight is 272 g/mol. The van der Waals surface area contributed by atoms with Crippen LogP contribution in [-0.4, -0.2) is 21.1 Å². The van der Waals surface area contributed by atoms with E-state index in [-0.39, 0.29) is 0 Å². The molecule has 0 bridgehead atoms. The predicted octanol–water partition coefficient (Wildman–Crippen LogP) is 2.97. The molecule has 2 aromatic heterocycles. The van der Waals surface area contributed by atoms with Crippen molar-refractivity contribution in [2.75, 3.05) is 6.54 Å². The minimum Gasteiger partial charge on any atom is -0.312 e. The molecule has 0 aliphatic heterocycles. The van der Waals surface area contributed by atoms with Gasteiger partial charge in [0, 0.05) is 24.6 Å². The van der Waals surface area contributed by atoms with E-state index >= 15 is 0 Å². The minimum absolute atomic E-state index is 0.667. The summed E-state index contributed by atoms with van der Waals surface area (Å²) in [6, 6.07) is 4.34. The van der Waals surface area contributed by atoms with E-state index in [2.05, 4.69) is 43.2 Å². The molecule has 0 spiro atoms. The average Bonchev–Trinajstić information content (AvgIpc) is 2.92. The zero-order chi connectivity index (χ0) is 14.4. The van der Waals surface area contributed by atoms with Crippen molar-refractivity contribution in [3.63, 3.8) is 0 Å². The molecule has 0 saturated heterocycles. The third-order valence-corrected chi connectivity index (χ3v) is 3.08. The van der Waals surface area contributed by atoms with Crippen LogP contribution in [0.15, 0.2) is 30.9 Å². The monoisotopic (exact) mass is 272 g/mol. The second-order valence-electron chi connectivity index (χ2n) is 5.57. The van der Waals surface area contributed by atoms with Crippen molar-refractivity contribution in [3.8, 4) is 5.82 Å². The molecule has 2 heterocycles. The third-order valence-electron chi connectivity index (χ3n) is 3.08. The van der Waals surface area contributed by atoms with Crippen LogP contribution in [0.5, 0.6) is 0 Å². The summed E-state index contributed by atoms with van der Waals surface area (Å²) in [6.45, 7) is 8.55. The quantitative estimate of drug-likeness (QED) is 0.842. The van der Waals surface area contributed by atoms with Gasteiger partial charge in [0.2, 0.25) is 0 Å². The number of imidazole rings is 1. The Bertz CT molecular complexity index is 517. The van der Waals surface area contributed by atoms with Crippen LogP contribution in [0.1, 0.15) is 38.4 Å². The van der Waals surface area contributed by atoms with Crippen molar-refractivity contribution in [2.24, 2.45) is 5.92 Å². The third kappa shape index (κ3) is 4.17. The lowest BCUT2D eigenvalue weighted by Crippen LogP contribution is -2.19. The molecule has 0 aromatic carbocycles. The molecule has 1 N–H and O–H groups in total. The molecule has 0 unspecified atom stereocenters. The maximum absolute atomic E-state index is 4.70. The van der Waals surface area contributed by atoms with Crippen molar-refractivity contribution >= 4 is 0 Å². The predicted molar refractivity (Wildman–Crippen MR) is 81.9 cm³/mol. The summed E-state index contributed by atoms with van der Waals surface area (Å²) >= 11 is 0. The van der Waals surface area contributed by atoms with Gasteiger partial charge in [-0.2, -0.15) is 0 Å². The second-order valence-corrected chi connectivity index (χ2v) is 5.57. The molecule has 0 atom stereocenters. The molecule has 0 radical (unpaired) electrons. The molecule has 4 heteroatoms. The Morgan fingerprint density at radius 3 is 2.80 bits per heavy atom. The highest BCUT2D eigenvalue weighted by atomic mass is 15.1. The van der Waals surface area contributed by atoms with Crippen LogP contribution in [0.4, 0.5) is 0 Å². The van der Waals surface area contributed by atoms with Gasteiger partial charge < -0.3 is 5.32 Å². The number of nitrogens with zero attached hydrogens (tertiary/aromatic N) is 3. The normalized spacial score (nSPS) is 11.2. The molecule has 0 fully saturated rings. The summed E-state index contributed by atoms with van der Waals surface area (Å²) in [4.78, 5) is 8.80. The molecule has 20 heavy (non-hydrogen) atoms. The topological polar surface area (TPSA) is 42.7 Å². The van der Waals surface area contributed by atoms with Crippen LogP contribution >= 0.6 is 0 Å². The van der Waals surface area contributed by atoms with Gasteiger partial charge in [0.15, 0.2) is 0 Å². The van der Waals surface area contributed by atoms with E-state index < -0.39 is 0 Å². The number of aromatic nitrogens is 3.